The third kappa shape index (κ3) is 4.92. The maximum absolute atomic E-state index is 11.4. The second-order valence-corrected chi connectivity index (χ2v) is 7.58. The van der Waals surface area contributed by atoms with Gasteiger partial charge in [0.05, 0.1) is 0 Å². The minimum absolute atomic E-state index is 0.128. The third-order valence-electron chi connectivity index (χ3n) is 2.69. The van der Waals surface area contributed by atoms with Crippen molar-refractivity contribution < 1.29 is 9.90 Å². The van der Waals surface area contributed by atoms with Gasteiger partial charge < -0.3 is 10.0 Å². The number of rotatable bonds is 8. The molecule has 0 spiro atoms. The maximum atomic E-state index is 11.4. The highest BCUT2D eigenvalue weighted by Crippen LogP contribution is 2.28. The van der Waals surface area contributed by atoms with E-state index in [9.17, 15) is 9.90 Å². The van der Waals surface area contributed by atoms with Crippen LogP contribution in [0.3, 0.4) is 0 Å². The zero-order valence-corrected chi connectivity index (χ0v) is 14.1. The van der Waals surface area contributed by atoms with Gasteiger partial charge in [0.1, 0.15) is 5.54 Å². The highest BCUT2D eigenvalue weighted by Gasteiger charge is 2.33. The zero-order valence-electron chi connectivity index (χ0n) is 12.5. The standard InChI is InChI=1S/C12H22N4O2S2/c1-8(2)13-12(3,9(17)18)6-7-19-11-15-14-10(20-11)16(4)5/h8,13H,6-7H2,1-5H3,(H,17,18). The average Bonchev–Trinajstić information content (AvgIpc) is 2.76. The van der Waals surface area contributed by atoms with E-state index in [1.54, 1.807) is 18.7 Å². The SMILES string of the molecule is CC(C)NC(C)(CCSc1nnc(N(C)C)s1)C(=O)O. The van der Waals surface area contributed by atoms with Crippen LogP contribution in [0, 0.1) is 0 Å². The van der Waals surface area contributed by atoms with Crippen LogP contribution in [0.15, 0.2) is 4.34 Å². The summed E-state index contributed by atoms with van der Waals surface area (Å²) in [5.74, 6) is -0.136. The van der Waals surface area contributed by atoms with Crippen LogP contribution in [0.5, 0.6) is 0 Å². The van der Waals surface area contributed by atoms with Gasteiger partial charge in [-0.25, -0.2) is 0 Å². The Morgan fingerprint density at radius 2 is 2.15 bits per heavy atom. The molecule has 0 fully saturated rings. The van der Waals surface area contributed by atoms with Crippen molar-refractivity contribution in [1.82, 2.24) is 15.5 Å². The third-order valence-corrected chi connectivity index (χ3v) is 4.91. The van der Waals surface area contributed by atoms with E-state index in [0.29, 0.717) is 12.2 Å². The van der Waals surface area contributed by atoms with Crippen LogP contribution < -0.4 is 10.2 Å². The van der Waals surface area contributed by atoms with E-state index in [-0.39, 0.29) is 6.04 Å². The van der Waals surface area contributed by atoms with Gasteiger partial charge >= 0.3 is 5.97 Å². The number of aromatic nitrogens is 2. The molecule has 0 radical (unpaired) electrons. The molecule has 1 atom stereocenters. The molecule has 0 aromatic carbocycles. The van der Waals surface area contributed by atoms with Gasteiger partial charge in [-0.15, -0.1) is 10.2 Å². The van der Waals surface area contributed by atoms with Crippen molar-refractivity contribution in [2.24, 2.45) is 0 Å². The fraction of sp³-hybridized carbons (Fsp3) is 0.750. The Morgan fingerprint density at radius 3 is 2.60 bits per heavy atom. The molecular weight excluding hydrogens is 296 g/mol. The van der Waals surface area contributed by atoms with Crippen LogP contribution in [0.1, 0.15) is 27.2 Å². The lowest BCUT2D eigenvalue weighted by Crippen LogP contribution is -2.52. The van der Waals surface area contributed by atoms with Gasteiger partial charge in [0, 0.05) is 25.9 Å². The maximum Gasteiger partial charge on any atom is 0.323 e. The summed E-state index contributed by atoms with van der Waals surface area (Å²) < 4.78 is 0.867. The molecule has 6 nitrogen and oxygen atoms in total. The number of carbonyl (C=O) groups is 1. The number of nitrogens with one attached hydrogen (secondary N) is 1. The number of carboxylic acids is 1. The fourth-order valence-electron chi connectivity index (χ4n) is 1.66. The van der Waals surface area contributed by atoms with Crippen molar-refractivity contribution in [1.29, 1.82) is 0 Å². The van der Waals surface area contributed by atoms with Gasteiger partial charge in [-0.2, -0.15) is 0 Å². The smallest absolute Gasteiger partial charge is 0.323 e. The normalized spacial score (nSPS) is 14.3. The highest BCUT2D eigenvalue weighted by atomic mass is 32.2. The van der Waals surface area contributed by atoms with Gasteiger partial charge in [0.15, 0.2) is 4.34 Å². The molecule has 0 saturated heterocycles. The molecule has 8 heteroatoms. The topological polar surface area (TPSA) is 78.4 Å². The molecule has 0 bridgehead atoms. The molecule has 1 aromatic rings. The zero-order chi connectivity index (χ0) is 15.3. The molecular formula is C12H22N4O2S2. The van der Waals surface area contributed by atoms with Gasteiger partial charge in [-0.3, -0.25) is 10.1 Å². The van der Waals surface area contributed by atoms with E-state index in [4.69, 9.17) is 0 Å². The molecule has 1 aromatic heterocycles. The Balaban J connectivity index is 2.53. The molecule has 1 heterocycles. The van der Waals surface area contributed by atoms with Gasteiger partial charge in [-0.05, 0) is 27.2 Å². The minimum Gasteiger partial charge on any atom is -0.480 e. The first-order chi connectivity index (χ1) is 9.24. The first kappa shape index (κ1) is 17.2. The summed E-state index contributed by atoms with van der Waals surface area (Å²) in [6.07, 6.45) is 0.530. The number of nitrogens with zero attached hydrogens (tertiary/aromatic N) is 3. The number of aliphatic carboxylic acids is 1. The fourth-order valence-corrected chi connectivity index (χ4v) is 3.66. The van der Waals surface area contributed by atoms with E-state index in [1.165, 1.54) is 11.3 Å². The lowest BCUT2D eigenvalue weighted by molar-refractivity contribution is -0.144. The predicted molar refractivity (Wildman–Crippen MR) is 83.9 cm³/mol. The minimum atomic E-state index is -0.907. The number of thioether (sulfide) groups is 1. The lowest BCUT2D eigenvalue weighted by atomic mass is 9.98. The molecule has 0 aliphatic carbocycles. The van der Waals surface area contributed by atoms with Crippen LogP contribution in [0.4, 0.5) is 5.13 Å². The summed E-state index contributed by atoms with van der Waals surface area (Å²) in [6.45, 7) is 5.62. The van der Waals surface area contributed by atoms with Crippen molar-refractivity contribution in [2.45, 2.75) is 43.1 Å². The second-order valence-electron chi connectivity index (χ2n) is 5.28. The Hall–Kier alpha value is -0.860. The van der Waals surface area contributed by atoms with Crippen LogP contribution in [-0.2, 0) is 4.79 Å². The summed E-state index contributed by atoms with van der Waals surface area (Å²) in [6, 6.07) is 0.128. The largest absolute Gasteiger partial charge is 0.480 e. The van der Waals surface area contributed by atoms with E-state index in [2.05, 4.69) is 15.5 Å². The molecule has 0 amide bonds. The second kappa shape index (κ2) is 7.24. The van der Waals surface area contributed by atoms with Gasteiger partial charge in [0.25, 0.3) is 0 Å². The summed E-state index contributed by atoms with van der Waals surface area (Å²) in [4.78, 5) is 13.3. The number of carboxylic acid groups (broad SMARTS) is 1. The van der Waals surface area contributed by atoms with E-state index in [1.807, 2.05) is 32.8 Å². The van der Waals surface area contributed by atoms with E-state index >= 15 is 0 Å². The molecule has 1 rings (SSSR count). The van der Waals surface area contributed by atoms with Gasteiger partial charge in [0.2, 0.25) is 5.13 Å². The Morgan fingerprint density at radius 1 is 1.50 bits per heavy atom. The van der Waals surface area contributed by atoms with Crippen molar-refractivity contribution in [3.8, 4) is 0 Å². The quantitative estimate of drug-likeness (QED) is 0.709. The predicted octanol–water partition coefficient (Wildman–Crippen LogP) is 1.93. The molecule has 1 unspecified atom stereocenters. The van der Waals surface area contributed by atoms with Crippen molar-refractivity contribution in [3.05, 3.63) is 0 Å². The molecule has 0 aliphatic rings. The molecule has 0 saturated carbocycles. The summed E-state index contributed by atoms with van der Waals surface area (Å²) >= 11 is 3.06. The van der Waals surface area contributed by atoms with Crippen molar-refractivity contribution >= 4 is 34.2 Å². The van der Waals surface area contributed by atoms with Crippen LogP contribution in [-0.4, -0.2) is 52.7 Å². The van der Waals surface area contributed by atoms with Crippen LogP contribution in [0.25, 0.3) is 0 Å². The van der Waals surface area contributed by atoms with Crippen molar-refractivity contribution in [2.75, 3.05) is 24.7 Å². The van der Waals surface area contributed by atoms with Crippen LogP contribution >= 0.6 is 23.1 Å². The van der Waals surface area contributed by atoms with E-state index in [0.717, 1.165) is 9.47 Å². The Bertz CT molecular complexity index is 450. The molecule has 20 heavy (non-hydrogen) atoms. The Labute approximate surface area is 128 Å². The summed E-state index contributed by atoms with van der Waals surface area (Å²) in [5.41, 5.74) is -0.907. The van der Waals surface area contributed by atoms with Crippen molar-refractivity contribution in [3.63, 3.8) is 0 Å². The summed E-state index contributed by atoms with van der Waals surface area (Å²) in [7, 11) is 3.84. The van der Waals surface area contributed by atoms with Crippen LogP contribution in [0.2, 0.25) is 0 Å². The molecule has 2 N–H and O–H groups in total. The average molecular weight is 318 g/mol. The molecule has 114 valence electrons. The first-order valence-corrected chi connectivity index (χ1v) is 8.19. The number of anilines is 1. The number of hydrogen-bond donors (Lipinski definition) is 2. The van der Waals surface area contributed by atoms with E-state index < -0.39 is 11.5 Å². The number of hydrogen-bond acceptors (Lipinski definition) is 7. The first-order valence-electron chi connectivity index (χ1n) is 6.39. The molecule has 0 aliphatic heterocycles. The monoisotopic (exact) mass is 318 g/mol. The lowest BCUT2D eigenvalue weighted by Gasteiger charge is -2.28. The van der Waals surface area contributed by atoms with Gasteiger partial charge in [-0.1, -0.05) is 23.1 Å². The summed E-state index contributed by atoms with van der Waals surface area (Å²) in [5, 5.41) is 21.5. The Kier molecular flexibility index (Phi) is 6.22. The highest BCUT2D eigenvalue weighted by molar-refractivity contribution is 8.01.